The number of pyridine rings is 1. The average Bonchev–Trinajstić information content (AvgIpc) is 2.18. The summed E-state index contributed by atoms with van der Waals surface area (Å²) in [6, 6.07) is 3.62. The van der Waals surface area contributed by atoms with E-state index in [4.69, 9.17) is 11.3 Å². The maximum absolute atomic E-state index is 8.04. The summed E-state index contributed by atoms with van der Waals surface area (Å²) in [4.78, 5) is 6.86. The molecule has 0 aliphatic heterocycles. The Morgan fingerprint density at radius 2 is 2.43 bits per heavy atom. The Morgan fingerprint density at radius 3 is 3.07 bits per heavy atom. The summed E-state index contributed by atoms with van der Waals surface area (Å²) in [6.45, 7) is 2.18. The smallest absolute Gasteiger partial charge is 0.0631 e. The van der Waals surface area contributed by atoms with Crippen LogP contribution in [0.25, 0.3) is 16.5 Å². The van der Waals surface area contributed by atoms with Gasteiger partial charge in [-0.15, -0.1) is 0 Å². The molecule has 0 unspecified atom stereocenters. The van der Waals surface area contributed by atoms with Gasteiger partial charge in [0.2, 0.25) is 0 Å². The summed E-state index contributed by atoms with van der Waals surface area (Å²) < 4.78 is 0. The monoisotopic (exact) mass is 189 g/mol. The van der Waals surface area contributed by atoms with Crippen molar-refractivity contribution < 1.29 is 0 Å². The Kier molecular flexibility index (Phi) is 3.52. The van der Waals surface area contributed by atoms with Crippen LogP contribution in [-0.4, -0.2) is 11.5 Å². The minimum Gasteiger partial charge on any atom is -0.397 e. The van der Waals surface area contributed by atoms with Crippen LogP contribution in [-0.2, 0) is 0 Å². The topological polar surface area (TPSA) is 87.7 Å². The van der Waals surface area contributed by atoms with E-state index in [1.807, 2.05) is 13.0 Å². The Hall–Kier alpha value is -2.00. The molecule has 0 saturated heterocycles. The SMILES string of the molecule is Cc1nc(C=CCN=[N+]=[N-])ccc1N. The van der Waals surface area contributed by atoms with Gasteiger partial charge in [0.1, 0.15) is 0 Å². The van der Waals surface area contributed by atoms with Crippen LogP contribution in [0.15, 0.2) is 23.3 Å². The molecule has 0 aromatic carbocycles. The minimum absolute atomic E-state index is 0.335. The molecule has 2 N–H and O–H groups in total. The Morgan fingerprint density at radius 1 is 1.64 bits per heavy atom. The first kappa shape index (κ1) is 10.1. The van der Waals surface area contributed by atoms with Crippen LogP contribution in [0.1, 0.15) is 11.4 Å². The van der Waals surface area contributed by atoms with Gasteiger partial charge in [-0.25, -0.2) is 0 Å². The molecule has 0 radical (unpaired) electrons. The number of hydrogen-bond acceptors (Lipinski definition) is 3. The Labute approximate surface area is 81.9 Å². The predicted molar refractivity (Wildman–Crippen MR) is 56.4 cm³/mol. The zero-order chi connectivity index (χ0) is 10.4. The highest BCUT2D eigenvalue weighted by Gasteiger charge is 1.94. The summed E-state index contributed by atoms with van der Waals surface area (Å²) in [5, 5.41) is 3.37. The van der Waals surface area contributed by atoms with E-state index in [1.54, 1.807) is 18.2 Å². The Bertz CT molecular complexity index is 390. The standard InChI is InChI=1S/C9H11N5/c1-7-9(10)5-4-8(13-7)3-2-6-12-14-11/h2-5H,6,10H2,1H3. The van der Waals surface area contributed by atoms with Crippen molar-refractivity contribution in [3.05, 3.63) is 40.0 Å². The van der Waals surface area contributed by atoms with Gasteiger partial charge in [0.05, 0.1) is 17.1 Å². The fourth-order valence-electron chi connectivity index (χ4n) is 0.941. The number of aryl methyl sites for hydroxylation is 1. The van der Waals surface area contributed by atoms with Crippen LogP contribution in [0.3, 0.4) is 0 Å². The van der Waals surface area contributed by atoms with Crippen LogP contribution in [0.4, 0.5) is 5.69 Å². The van der Waals surface area contributed by atoms with Crippen molar-refractivity contribution in [1.82, 2.24) is 4.98 Å². The maximum atomic E-state index is 8.04. The number of azide groups is 1. The van der Waals surface area contributed by atoms with Gasteiger partial charge >= 0.3 is 0 Å². The number of anilines is 1. The van der Waals surface area contributed by atoms with Gasteiger partial charge in [0.15, 0.2) is 0 Å². The molecule has 0 atom stereocenters. The van der Waals surface area contributed by atoms with Gasteiger partial charge in [0, 0.05) is 11.5 Å². The van der Waals surface area contributed by atoms with Crippen molar-refractivity contribution in [1.29, 1.82) is 0 Å². The van der Waals surface area contributed by atoms with Gasteiger partial charge in [-0.3, -0.25) is 4.98 Å². The number of nitrogen functional groups attached to an aromatic ring is 1. The van der Waals surface area contributed by atoms with Gasteiger partial charge in [0.25, 0.3) is 0 Å². The first-order chi connectivity index (χ1) is 6.74. The van der Waals surface area contributed by atoms with Gasteiger partial charge < -0.3 is 5.73 Å². The molecule has 5 nitrogen and oxygen atoms in total. The van der Waals surface area contributed by atoms with Crippen molar-refractivity contribution in [2.75, 3.05) is 12.3 Å². The third-order valence-corrected chi connectivity index (χ3v) is 1.69. The highest BCUT2D eigenvalue weighted by molar-refractivity contribution is 5.51. The van der Waals surface area contributed by atoms with Gasteiger partial charge in [-0.1, -0.05) is 11.2 Å². The van der Waals surface area contributed by atoms with E-state index in [1.165, 1.54) is 0 Å². The molecule has 0 spiro atoms. The molecule has 0 amide bonds. The largest absolute Gasteiger partial charge is 0.397 e. The maximum Gasteiger partial charge on any atom is 0.0631 e. The normalized spacial score (nSPS) is 10.1. The lowest BCUT2D eigenvalue weighted by molar-refractivity contribution is 1.18. The second-order valence-corrected chi connectivity index (χ2v) is 2.73. The third kappa shape index (κ3) is 2.80. The lowest BCUT2D eigenvalue weighted by atomic mass is 10.2. The fourth-order valence-corrected chi connectivity index (χ4v) is 0.941. The molecule has 1 heterocycles. The zero-order valence-corrected chi connectivity index (χ0v) is 7.88. The van der Waals surface area contributed by atoms with E-state index < -0.39 is 0 Å². The van der Waals surface area contributed by atoms with Gasteiger partial charge in [-0.2, -0.15) is 0 Å². The molecule has 0 saturated carbocycles. The van der Waals surface area contributed by atoms with Crippen molar-refractivity contribution in [2.24, 2.45) is 5.11 Å². The van der Waals surface area contributed by atoms with E-state index in [2.05, 4.69) is 15.0 Å². The minimum atomic E-state index is 0.335. The summed E-state index contributed by atoms with van der Waals surface area (Å²) in [6.07, 6.45) is 3.54. The molecular formula is C9H11N5. The van der Waals surface area contributed by atoms with Crippen LogP contribution in [0.5, 0.6) is 0 Å². The molecule has 1 aromatic heterocycles. The van der Waals surface area contributed by atoms with Crippen LogP contribution < -0.4 is 5.73 Å². The first-order valence-corrected chi connectivity index (χ1v) is 4.14. The van der Waals surface area contributed by atoms with E-state index in [-0.39, 0.29) is 0 Å². The molecule has 0 fully saturated rings. The lowest BCUT2D eigenvalue weighted by Crippen LogP contribution is -1.93. The molecular weight excluding hydrogens is 178 g/mol. The summed E-state index contributed by atoms with van der Waals surface area (Å²) in [7, 11) is 0. The van der Waals surface area contributed by atoms with Crippen molar-refractivity contribution in [2.45, 2.75) is 6.92 Å². The Balaban J connectivity index is 2.72. The van der Waals surface area contributed by atoms with Crippen LogP contribution in [0.2, 0.25) is 0 Å². The zero-order valence-electron chi connectivity index (χ0n) is 7.88. The molecule has 0 bridgehead atoms. The second kappa shape index (κ2) is 4.89. The molecule has 5 heteroatoms. The predicted octanol–water partition coefficient (Wildman–Crippen LogP) is 2.30. The van der Waals surface area contributed by atoms with Crippen molar-refractivity contribution in [3.63, 3.8) is 0 Å². The van der Waals surface area contributed by atoms with Crippen molar-refractivity contribution >= 4 is 11.8 Å². The van der Waals surface area contributed by atoms with E-state index in [9.17, 15) is 0 Å². The highest BCUT2D eigenvalue weighted by Crippen LogP contribution is 2.08. The highest BCUT2D eigenvalue weighted by atomic mass is 15.1. The molecule has 14 heavy (non-hydrogen) atoms. The number of hydrogen-bond donors (Lipinski definition) is 1. The summed E-state index contributed by atoms with van der Waals surface area (Å²) in [5.74, 6) is 0. The lowest BCUT2D eigenvalue weighted by Gasteiger charge is -1.99. The summed E-state index contributed by atoms with van der Waals surface area (Å²) in [5.41, 5.74) is 15.9. The third-order valence-electron chi connectivity index (χ3n) is 1.69. The number of rotatable bonds is 3. The molecule has 1 rings (SSSR count). The van der Waals surface area contributed by atoms with Gasteiger partial charge in [-0.05, 0) is 30.7 Å². The first-order valence-electron chi connectivity index (χ1n) is 4.14. The molecule has 0 aliphatic rings. The van der Waals surface area contributed by atoms with E-state index in [0.717, 1.165) is 11.4 Å². The number of aromatic nitrogens is 1. The molecule has 0 aliphatic carbocycles. The second-order valence-electron chi connectivity index (χ2n) is 2.73. The fraction of sp³-hybridized carbons (Fsp3) is 0.222. The number of nitrogens with two attached hydrogens (primary N) is 1. The van der Waals surface area contributed by atoms with Crippen LogP contribution >= 0.6 is 0 Å². The van der Waals surface area contributed by atoms with Crippen molar-refractivity contribution in [3.8, 4) is 0 Å². The van der Waals surface area contributed by atoms with E-state index >= 15 is 0 Å². The molecule has 72 valence electrons. The quantitative estimate of drug-likeness (QED) is 0.449. The average molecular weight is 189 g/mol. The van der Waals surface area contributed by atoms with E-state index in [0.29, 0.717) is 12.2 Å². The van der Waals surface area contributed by atoms with Crippen LogP contribution in [0, 0.1) is 6.92 Å². The summed E-state index contributed by atoms with van der Waals surface area (Å²) >= 11 is 0. The number of nitrogens with zero attached hydrogens (tertiary/aromatic N) is 4. The molecule has 1 aromatic rings.